The van der Waals surface area contributed by atoms with Gasteiger partial charge in [0.05, 0.1) is 20.5 Å². The molecule has 0 atom stereocenters. The van der Waals surface area contributed by atoms with Crippen molar-refractivity contribution in [3.05, 3.63) is 41.4 Å². The Kier molecular flexibility index (Phi) is 4.39. The summed E-state index contributed by atoms with van der Waals surface area (Å²) < 4.78 is 22.4. The number of ether oxygens (including phenoxy) is 2. The third kappa shape index (κ3) is 2.90. The van der Waals surface area contributed by atoms with E-state index in [1.807, 2.05) is 0 Å². The van der Waals surface area contributed by atoms with Gasteiger partial charge in [0, 0.05) is 11.1 Å². The first-order chi connectivity index (χ1) is 8.13. The Morgan fingerprint density at radius 2 is 2.06 bits per heavy atom. The van der Waals surface area contributed by atoms with Gasteiger partial charge in [-0.05, 0) is 18.2 Å². The smallest absolute Gasteiger partial charge is 0.341 e. The standard InChI is InChI=1S/C12H11FO4/c1-16-7-11(12(15)17-2)10-5-9(13)4-3-8(10)6-14/h3-7H,1-2H3/b11-7-. The van der Waals surface area contributed by atoms with Gasteiger partial charge in [-0.15, -0.1) is 0 Å². The van der Waals surface area contributed by atoms with Crippen LogP contribution in [0.15, 0.2) is 24.5 Å². The molecule has 1 aromatic carbocycles. The molecule has 17 heavy (non-hydrogen) atoms. The summed E-state index contributed by atoms with van der Waals surface area (Å²) in [5.74, 6) is -1.27. The fourth-order valence-electron chi connectivity index (χ4n) is 1.31. The Morgan fingerprint density at radius 3 is 2.59 bits per heavy atom. The first-order valence-corrected chi connectivity index (χ1v) is 4.70. The molecule has 0 bridgehead atoms. The van der Waals surface area contributed by atoms with Crippen LogP contribution in [0.4, 0.5) is 4.39 Å². The second-order valence-corrected chi connectivity index (χ2v) is 3.11. The lowest BCUT2D eigenvalue weighted by Crippen LogP contribution is -2.07. The maximum absolute atomic E-state index is 13.1. The van der Waals surface area contributed by atoms with Crippen LogP contribution in [-0.4, -0.2) is 26.5 Å². The average Bonchev–Trinajstić information content (AvgIpc) is 2.35. The minimum atomic E-state index is -0.708. The number of methoxy groups -OCH3 is 2. The summed E-state index contributed by atoms with van der Waals surface area (Å²) in [6, 6.07) is 3.49. The van der Waals surface area contributed by atoms with Crippen LogP contribution < -0.4 is 0 Å². The highest BCUT2D eigenvalue weighted by atomic mass is 19.1. The van der Waals surface area contributed by atoms with Crippen molar-refractivity contribution in [2.45, 2.75) is 0 Å². The summed E-state index contributed by atoms with van der Waals surface area (Å²) in [5.41, 5.74) is 0.297. The monoisotopic (exact) mass is 238 g/mol. The zero-order chi connectivity index (χ0) is 12.8. The van der Waals surface area contributed by atoms with Crippen molar-refractivity contribution in [3.8, 4) is 0 Å². The van der Waals surface area contributed by atoms with E-state index in [-0.39, 0.29) is 16.7 Å². The number of esters is 1. The van der Waals surface area contributed by atoms with E-state index in [1.165, 1.54) is 20.3 Å². The van der Waals surface area contributed by atoms with Crippen LogP contribution in [0.5, 0.6) is 0 Å². The van der Waals surface area contributed by atoms with Gasteiger partial charge in [-0.1, -0.05) is 0 Å². The highest BCUT2D eigenvalue weighted by Crippen LogP contribution is 2.21. The molecule has 0 aliphatic rings. The molecule has 0 unspecified atom stereocenters. The second kappa shape index (κ2) is 5.79. The molecule has 0 aliphatic heterocycles. The van der Waals surface area contributed by atoms with Crippen molar-refractivity contribution < 1.29 is 23.5 Å². The van der Waals surface area contributed by atoms with Gasteiger partial charge >= 0.3 is 5.97 Å². The van der Waals surface area contributed by atoms with E-state index in [4.69, 9.17) is 4.74 Å². The molecule has 90 valence electrons. The van der Waals surface area contributed by atoms with Crippen molar-refractivity contribution in [2.75, 3.05) is 14.2 Å². The summed E-state index contributed by atoms with van der Waals surface area (Å²) in [6.45, 7) is 0. The summed E-state index contributed by atoms with van der Waals surface area (Å²) in [7, 11) is 2.52. The molecule has 4 nitrogen and oxygen atoms in total. The summed E-state index contributed by atoms with van der Waals surface area (Å²) in [5, 5.41) is 0. The summed E-state index contributed by atoms with van der Waals surface area (Å²) in [4.78, 5) is 22.3. The summed E-state index contributed by atoms with van der Waals surface area (Å²) in [6.07, 6.45) is 1.63. The van der Waals surface area contributed by atoms with E-state index in [1.54, 1.807) is 0 Å². The van der Waals surface area contributed by atoms with E-state index in [0.717, 1.165) is 18.4 Å². The van der Waals surface area contributed by atoms with Crippen LogP contribution in [0.2, 0.25) is 0 Å². The Morgan fingerprint density at radius 1 is 1.35 bits per heavy atom. The largest absolute Gasteiger partial charge is 0.503 e. The van der Waals surface area contributed by atoms with E-state index >= 15 is 0 Å². The van der Waals surface area contributed by atoms with Crippen LogP contribution >= 0.6 is 0 Å². The molecule has 0 aliphatic carbocycles. The molecule has 0 aromatic heterocycles. The van der Waals surface area contributed by atoms with Crippen molar-refractivity contribution in [3.63, 3.8) is 0 Å². The highest BCUT2D eigenvalue weighted by Gasteiger charge is 2.17. The molecular formula is C12H11FO4. The number of benzene rings is 1. The molecule has 0 spiro atoms. The Labute approximate surface area is 97.6 Å². The number of carbonyl (C=O) groups is 2. The molecule has 0 saturated carbocycles. The zero-order valence-corrected chi connectivity index (χ0v) is 9.40. The van der Waals surface area contributed by atoms with Gasteiger partial charge in [0.1, 0.15) is 11.4 Å². The third-order valence-electron chi connectivity index (χ3n) is 2.07. The number of aldehydes is 1. The molecule has 0 amide bonds. The average molecular weight is 238 g/mol. The van der Waals surface area contributed by atoms with Crippen molar-refractivity contribution in [1.82, 2.24) is 0 Å². The van der Waals surface area contributed by atoms with E-state index in [0.29, 0.717) is 6.29 Å². The maximum atomic E-state index is 13.1. The first kappa shape index (κ1) is 12.9. The minimum Gasteiger partial charge on any atom is -0.503 e. The topological polar surface area (TPSA) is 52.6 Å². The Bertz CT molecular complexity index is 466. The van der Waals surface area contributed by atoms with E-state index in [9.17, 15) is 14.0 Å². The maximum Gasteiger partial charge on any atom is 0.341 e. The lowest BCUT2D eigenvalue weighted by Gasteiger charge is -2.07. The summed E-state index contributed by atoms with van der Waals surface area (Å²) >= 11 is 0. The first-order valence-electron chi connectivity index (χ1n) is 4.70. The van der Waals surface area contributed by atoms with Crippen LogP contribution in [-0.2, 0) is 14.3 Å². The minimum absolute atomic E-state index is 0.0170. The van der Waals surface area contributed by atoms with Gasteiger partial charge in [0.2, 0.25) is 0 Å². The predicted octanol–water partition coefficient (Wildman–Crippen LogP) is 1.80. The fraction of sp³-hybridized carbons (Fsp3) is 0.167. The Hall–Kier alpha value is -2.17. The quantitative estimate of drug-likeness (QED) is 0.347. The van der Waals surface area contributed by atoms with E-state index in [2.05, 4.69) is 4.74 Å². The van der Waals surface area contributed by atoms with Gasteiger partial charge in [-0.2, -0.15) is 0 Å². The lowest BCUT2D eigenvalue weighted by atomic mass is 10.0. The fourth-order valence-corrected chi connectivity index (χ4v) is 1.31. The Balaban J connectivity index is 3.36. The highest BCUT2D eigenvalue weighted by molar-refractivity contribution is 6.17. The number of halogens is 1. The third-order valence-corrected chi connectivity index (χ3v) is 2.07. The zero-order valence-electron chi connectivity index (χ0n) is 9.40. The molecule has 1 aromatic rings. The van der Waals surface area contributed by atoms with Crippen molar-refractivity contribution in [2.24, 2.45) is 0 Å². The number of rotatable bonds is 4. The van der Waals surface area contributed by atoms with Crippen LogP contribution in [0.3, 0.4) is 0 Å². The molecule has 0 fully saturated rings. The number of hydrogen-bond acceptors (Lipinski definition) is 4. The predicted molar refractivity (Wildman–Crippen MR) is 58.8 cm³/mol. The molecular weight excluding hydrogens is 227 g/mol. The molecule has 0 radical (unpaired) electrons. The molecule has 0 saturated heterocycles. The van der Waals surface area contributed by atoms with Crippen molar-refractivity contribution >= 4 is 17.8 Å². The molecule has 5 heteroatoms. The second-order valence-electron chi connectivity index (χ2n) is 3.11. The van der Waals surface area contributed by atoms with Crippen molar-refractivity contribution in [1.29, 1.82) is 0 Å². The molecule has 0 heterocycles. The van der Waals surface area contributed by atoms with Gasteiger partial charge in [0.15, 0.2) is 6.29 Å². The van der Waals surface area contributed by atoms with E-state index < -0.39 is 11.8 Å². The number of carbonyl (C=O) groups excluding carboxylic acids is 2. The number of hydrogen-bond donors (Lipinski definition) is 0. The van der Waals surface area contributed by atoms with Gasteiger partial charge in [-0.25, -0.2) is 9.18 Å². The normalized spacial score (nSPS) is 10.9. The lowest BCUT2D eigenvalue weighted by molar-refractivity contribution is -0.133. The SMILES string of the molecule is CO/C=C(\C(=O)OC)c1cc(F)ccc1C=O. The van der Waals surface area contributed by atoms with Gasteiger partial charge in [0.25, 0.3) is 0 Å². The van der Waals surface area contributed by atoms with Crippen LogP contribution in [0.1, 0.15) is 15.9 Å². The molecule has 1 rings (SSSR count). The van der Waals surface area contributed by atoms with Gasteiger partial charge < -0.3 is 9.47 Å². The van der Waals surface area contributed by atoms with Crippen LogP contribution in [0.25, 0.3) is 5.57 Å². The van der Waals surface area contributed by atoms with Gasteiger partial charge in [-0.3, -0.25) is 4.79 Å². The van der Waals surface area contributed by atoms with Crippen LogP contribution in [0, 0.1) is 5.82 Å². The molecule has 0 N–H and O–H groups in total.